The Bertz CT molecular complexity index is 793. The fourth-order valence-corrected chi connectivity index (χ4v) is 2.73. The smallest absolute Gasteiger partial charge is 0.248 e. The molecule has 21 heavy (non-hydrogen) atoms. The van der Waals surface area contributed by atoms with Crippen LogP contribution in [-0.2, 0) is 6.42 Å². The molecule has 0 amide bonds. The summed E-state index contributed by atoms with van der Waals surface area (Å²) in [5, 5.41) is 1.08. The van der Waals surface area contributed by atoms with Crippen LogP contribution in [0.5, 0.6) is 0 Å². The molecule has 0 radical (unpaired) electrons. The zero-order valence-corrected chi connectivity index (χ0v) is 12.0. The Morgan fingerprint density at radius 3 is 2.86 bits per heavy atom. The molecule has 0 aliphatic rings. The first-order valence-corrected chi connectivity index (χ1v) is 7.28. The van der Waals surface area contributed by atoms with Crippen LogP contribution in [0.2, 0.25) is 0 Å². The second-order valence-electron chi connectivity index (χ2n) is 5.34. The van der Waals surface area contributed by atoms with E-state index in [0.29, 0.717) is 5.92 Å². The molecule has 0 aliphatic heterocycles. The van der Waals surface area contributed by atoms with Crippen molar-refractivity contribution in [1.82, 2.24) is 9.97 Å². The molecule has 2 aromatic heterocycles. The fraction of sp³-hybridized carbons (Fsp3) is 0.222. The molecule has 3 heteroatoms. The predicted molar refractivity (Wildman–Crippen MR) is 85.5 cm³/mol. The van der Waals surface area contributed by atoms with Crippen molar-refractivity contribution in [2.75, 3.05) is 0 Å². The number of pyridine rings is 2. The molecular weight excluding hydrogens is 260 g/mol. The summed E-state index contributed by atoms with van der Waals surface area (Å²) in [5.74, 6) is 0.463. The minimum Gasteiger partial charge on any atom is -0.322 e. The van der Waals surface area contributed by atoms with E-state index in [-0.39, 0.29) is 5.56 Å². The highest BCUT2D eigenvalue weighted by atomic mass is 16.1. The molecule has 1 unspecified atom stereocenters. The van der Waals surface area contributed by atoms with Crippen LogP contribution < -0.4 is 5.56 Å². The Balaban J connectivity index is 1.93. The maximum Gasteiger partial charge on any atom is 0.248 e. The number of hydrogen-bond acceptors (Lipinski definition) is 2. The number of H-pyrrole nitrogens is 1. The lowest BCUT2D eigenvalue weighted by atomic mass is 9.89. The van der Waals surface area contributed by atoms with Crippen LogP contribution in [0.1, 0.15) is 30.4 Å². The second kappa shape index (κ2) is 5.92. The van der Waals surface area contributed by atoms with E-state index >= 15 is 0 Å². The van der Waals surface area contributed by atoms with Gasteiger partial charge in [0.25, 0.3) is 0 Å². The molecule has 0 saturated heterocycles. The average molecular weight is 278 g/mol. The fourth-order valence-electron chi connectivity index (χ4n) is 2.73. The molecular formula is C18H18N2O. The molecule has 3 nitrogen and oxygen atoms in total. The van der Waals surface area contributed by atoms with Crippen LogP contribution in [0, 0.1) is 0 Å². The van der Waals surface area contributed by atoms with E-state index in [4.69, 9.17) is 0 Å². The zero-order chi connectivity index (χ0) is 14.7. The quantitative estimate of drug-likeness (QED) is 0.791. The Morgan fingerprint density at radius 2 is 2.10 bits per heavy atom. The van der Waals surface area contributed by atoms with Crippen LogP contribution in [0.3, 0.4) is 0 Å². The molecule has 0 fully saturated rings. The molecule has 3 aromatic rings. The van der Waals surface area contributed by atoms with Gasteiger partial charge in [0.2, 0.25) is 5.56 Å². The summed E-state index contributed by atoms with van der Waals surface area (Å²) in [5.41, 5.74) is 3.40. The van der Waals surface area contributed by atoms with Gasteiger partial charge in [0, 0.05) is 24.0 Å². The van der Waals surface area contributed by atoms with Gasteiger partial charge in [-0.25, -0.2) is 0 Å². The number of rotatable bonds is 4. The summed E-state index contributed by atoms with van der Waals surface area (Å²) in [6.45, 7) is 2.21. The number of aromatic amines is 1. The first-order chi connectivity index (χ1) is 10.3. The van der Waals surface area contributed by atoms with Crippen molar-refractivity contribution < 1.29 is 0 Å². The maximum atomic E-state index is 11.3. The molecule has 3 rings (SSSR count). The highest BCUT2D eigenvalue weighted by molar-refractivity contribution is 5.79. The van der Waals surface area contributed by atoms with Gasteiger partial charge in [-0.1, -0.05) is 19.1 Å². The number of aromatic nitrogens is 2. The lowest BCUT2D eigenvalue weighted by Crippen LogP contribution is -2.05. The third-order valence-corrected chi connectivity index (χ3v) is 3.92. The SMILES string of the molecule is CCC(Cc1cccnc1)c1ccc2[nH]c(=O)ccc2c1. The van der Waals surface area contributed by atoms with E-state index in [1.165, 1.54) is 11.1 Å². The Hall–Kier alpha value is -2.42. The van der Waals surface area contributed by atoms with Crippen molar-refractivity contribution in [3.63, 3.8) is 0 Å². The summed E-state index contributed by atoms with van der Waals surface area (Å²) in [4.78, 5) is 18.4. The van der Waals surface area contributed by atoms with Gasteiger partial charge in [0.05, 0.1) is 0 Å². The normalized spacial score (nSPS) is 12.4. The van der Waals surface area contributed by atoms with Crippen LogP contribution in [-0.4, -0.2) is 9.97 Å². The van der Waals surface area contributed by atoms with Gasteiger partial charge in [-0.3, -0.25) is 9.78 Å². The zero-order valence-electron chi connectivity index (χ0n) is 12.0. The molecule has 106 valence electrons. The summed E-state index contributed by atoms with van der Waals surface area (Å²) in [6, 6.07) is 13.8. The summed E-state index contributed by atoms with van der Waals surface area (Å²) in [6.07, 6.45) is 5.79. The van der Waals surface area contributed by atoms with Crippen molar-refractivity contribution in [1.29, 1.82) is 0 Å². The minimum absolute atomic E-state index is 0.0577. The molecule has 1 N–H and O–H groups in total. The third-order valence-electron chi connectivity index (χ3n) is 3.92. The topological polar surface area (TPSA) is 45.8 Å². The number of fused-ring (bicyclic) bond motifs is 1. The van der Waals surface area contributed by atoms with E-state index in [1.807, 2.05) is 24.4 Å². The first kappa shape index (κ1) is 13.6. The van der Waals surface area contributed by atoms with Gasteiger partial charge < -0.3 is 4.98 Å². The van der Waals surface area contributed by atoms with Crippen LogP contribution in [0.25, 0.3) is 10.9 Å². The summed E-state index contributed by atoms with van der Waals surface area (Å²) >= 11 is 0. The molecule has 0 spiro atoms. The highest BCUT2D eigenvalue weighted by Gasteiger charge is 2.11. The van der Waals surface area contributed by atoms with Gasteiger partial charge in [-0.2, -0.15) is 0 Å². The van der Waals surface area contributed by atoms with E-state index in [0.717, 1.165) is 23.7 Å². The van der Waals surface area contributed by atoms with Crippen molar-refractivity contribution in [2.45, 2.75) is 25.7 Å². The largest absolute Gasteiger partial charge is 0.322 e. The Labute approximate surface area is 123 Å². The molecule has 0 aliphatic carbocycles. The van der Waals surface area contributed by atoms with Crippen molar-refractivity contribution in [3.8, 4) is 0 Å². The van der Waals surface area contributed by atoms with Crippen LogP contribution in [0.4, 0.5) is 0 Å². The van der Waals surface area contributed by atoms with Gasteiger partial charge >= 0.3 is 0 Å². The monoisotopic (exact) mass is 278 g/mol. The van der Waals surface area contributed by atoms with Gasteiger partial charge in [-0.15, -0.1) is 0 Å². The van der Waals surface area contributed by atoms with Crippen molar-refractivity contribution >= 4 is 10.9 Å². The molecule has 1 aromatic carbocycles. The van der Waals surface area contributed by atoms with Crippen LogP contribution in [0.15, 0.2) is 59.7 Å². The van der Waals surface area contributed by atoms with E-state index in [2.05, 4.69) is 35.1 Å². The van der Waals surface area contributed by atoms with E-state index in [1.54, 1.807) is 12.3 Å². The lowest BCUT2D eigenvalue weighted by Gasteiger charge is -2.16. The summed E-state index contributed by atoms with van der Waals surface area (Å²) in [7, 11) is 0. The molecule has 1 atom stereocenters. The Morgan fingerprint density at radius 1 is 1.19 bits per heavy atom. The number of hydrogen-bond donors (Lipinski definition) is 1. The maximum absolute atomic E-state index is 11.3. The highest BCUT2D eigenvalue weighted by Crippen LogP contribution is 2.26. The predicted octanol–water partition coefficient (Wildman–Crippen LogP) is 3.66. The lowest BCUT2D eigenvalue weighted by molar-refractivity contribution is 0.659. The number of benzene rings is 1. The van der Waals surface area contributed by atoms with Gasteiger partial charge in [-0.05, 0) is 59.5 Å². The average Bonchev–Trinajstić information content (AvgIpc) is 2.53. The molecule has 0 saturated carbocycles. The van der Waals surface area contributed by atoms with Crippen LogP contribution >= 0.6 is 0 Å². The molecule has 0 bridgehead atoms. The second-order valence-corrected chi connectivity index (χ2v) is 5.34. The van der Waals surface area contributed by atoms with Gasteiger partial charge in [0.1, 0.15) is 0 Å². The summed E-state index contributed by atoms with van der Waals surface area (Å²) < 4.78 is 0. The standard InChI is InChI=1S/C18H18N2O/c1-2-14(10-13-4-3-9-19-12-13)15-5-7-17-16(11-15)6-8-18(21)20-17/h3-9,11-12,14H,2,10H2,1H3,(H,20,21). The number of nitrogens with zero attached hydrogens (tertiary/aromatic N) is 1. The minimum atomic E-state index is -0.0577. The van der Waals surface area contributed by atoms with Crippen molar-refractivity contribution in [2.24, 2.45) is 0 Å². The number of nitrogens with one attached hydrogen (secondary N) is 1. The Kier molecular flexibility index (Phi) is 3.82. The third kappa shape index (κ3) is 3.02. The first-order valence-electron chi connectivity index (χ1n) is 7.28. The van der Waals surface area contributed by atoms with E-state index < -0.39 is 0 Å². The van der Waals surface area contributed by atoms with E-state index in [9.17, 15) is 4.79 Å². The molecule has 2 heterocycles. The van der Waals surface area contributed by atoms with Crippen molar-refractivity contribution in [3.05, 3.63) is 76.3 Å². The van der Waals surface area contributed by atoms with Gasteiger partial charge in [0.15, 0.2) is 0 Å².